The normalized spacial score (nSPS) is 12.0. The molecule has 1 aromatic rings. The second-order valence-electron chi connectivity index (χ2n) is 4.99. The van der Waals surface area contributed by atoms with Crippen LogP contribution >= 0.6 is 27.3 Å². The Morgan fingerprint density at radius 2 is 1.94 bits per heavy atom. The number of rotatable bonds is 7. The van der Waals surface area contributed by atoms with Crippen LogP contribution in [0, 0.1) is 5.92 Å². The van der Waals surface area contributed by atoms with Crippen LogP contribution in [0.4, 0.5) is 0 Å². The predicted octanol–water partition coefficient (Wildman–Crippen LogP) is 5.16. The van der Waals surface area contributed by atoms with E-state index in [1.54, 1.807) is 0 Å². The quantitative estimate of drug-likeness (QED) is 0.671. The lowest BCUT2D eigenvalue weighted by Crippen LogP contribution is -2.36. The van der Waals surface area contributed by atoms with Crippen molar-refractivity contribution in [2.75, 3.05) is 6.54 Å². The molecule has 0 aromatic carbocycles. The molecule has 17 heavy (non-hydrogen) atoms. The molecular weight excluding hydrogens is 294 g/mol. The van der Waals surface area contributed by atoms with Crippen LogP contribution in [0.3, 0.4) is 0 Å². The summed E-state index contributed by atoms with van der Waals surface area (Å²) in [5.41, 5.74) is 0. The lowest BCUT2D eigenvalue weighted by atomic mass is 10.1. The average Bonchev–Trinajstić information content (AvgIpc) is 2.65. The van der Waals surface area contributed by atoms with Gasteiger partial charge in [-0.1, -0.05) is 27.7 Å². The van der Waals surface area contributed by atoms with Crippen LogP contribution in [0.5, 0.6) is 0 Å². The number of hydrogen-bond donors (Lipinski definition) is 0. The Hall–Kier alpha value is 0.140. The van der Waals surface area contributed by atoms with Gasteiger partial charge in [-0.05, 0) is 46.1 Å². The molecule has 0 radical (unpaired) electrons. The molecule has 0 saturated carbocycles. The first-order valence-corrected chi connectivity index (χ1v) is 8.21. The summed E-state index contributed by atoms with van der Waals surface area (Å²) in [6.07, 6.45) is 2.48. The van der Waals surface area contributed by atoms with Crippen molar-refractivity contribution in [1.29, 1.82) is 0 Å². The van der Waals surface area contributed by atoms with Crippen molar-refractivity contribution >= 4 is 27.3 Å². The van der Waals surface area contributed by atoms with Crippen LogP contribution in [0.1, 0.15) is 45.4 Å². The zero-order valence-electron chi connectivity index (χ0n) is 11.4. The Morgan fingerprint density at radius 3 is 2.35 bits per heavy atom. The standard InChI is InChI=1S/C14H24BrNS/c1-5-12(6-2)16(9-11(3)4)10-14-13(15)7-8-17-14/h7-8,11-12H,5-6,9-10H2,1-4H3. The van der Waals surface area contributed by atoms with Gasteiger partial charge in [0.05, 0.1) is 0 Å². The van der Waals surface area contributed by atoms with E-state index in [2.05, 4.69) is 60.0 Å². The van der Waals surface area contributed by atoms with Crippen LogP contribution in [-0.2, 0) is 6.54 Å². The van der Waals surface area contributed by atoms with Gasteiger partial charge in [0.15, 0.2) is 0 Å². The Kier molecular flexibility index (Phi) is 6.75. The lowest BCUT2D eigenvalue weighted by molar-refractivity contribution is 0.158. The van der Waals surface area contributed by atoms with Crippen LogP contribution in [-0.4, -0.2) is 17.5 Å². The SMILES string of the molecule is CCC(CC)N(Cc1sccc1Br)CC(C)C. The molecule has 0 spiro atoms. The van der Waals surface area contributed by atoms with Gasteiger partial charge in [0.2, 0.25) is 0 Å². The number of halogens is 1. The van der Waals surface area contributed by atoms with Crippen LogP contribution in [0.2, 0.25) is 0 Å². The fraction of sp³-hybridized carbons (Fsp3) is 0.714. The van der Waals surface area contributed by atoms with Crippen molar-refractivity contribution in [3.63, 3.8) is 0 Å². The van der Waals surface area contributed by atoms with E-state index in [0.29, 0.717) is 6.04 Å². The zero-order valence-corrected chi connectivity index (χ0v) is 13.8. The molecule has 0 saturated heterocycles. The summed E-state index contributed by atoms with van der Waals surface area (Å²) in [6, 6.07) is 2.87. The maximum atomic E-state index is 3.64. The van der Waals surface area contributed by atoms with Gasteiger partial charge in [-0.15, -0.1) is 11.3 Å². The second-order valence-corrected chi connectivity index (χ2v) is 6.84. The molecule has 0 aliphatic heterocycles. The molecule has 0 amide bonds. The Bertz CT molecular complexity index is 318. The minimum absolute atomic E-state index is 0.714. The smallest absolute Gasteiger partial charge is 0.0342 e. The molecule has 0 fully saturated rings. The van der Waals surface area contributed by atoms with Crippen LogP contribution in [0.15, 0.2) is 15.9 Å². The van der Waals surface area contributed by atoms with Gasteiger partial charge < -0.3 is 0 Å². The third kappa shape index (κ3) is 4.72. The van der Waals surface area contributed by atoms with Gasteiger partial charge in [0.25, 0.3) is 0 Å². The summed E-state index contributed by atoms with van der Waals surface area (Å²) in [5, 5.41) is 2.17. The van der Waals surface area contributed by atoms with Gasteiger partial charge in [0.1, 0.15) is 0 Å². The highest BCUT2D eigenvalue weighted by molar-refractivity contribution is 9.10. The molecule has 0 unspecified atom stereocenters. The molecule has 1 rings (SSSR count). The number of nitrogens with zero attached hydrogens (tertiary/aromatic N) is 1. The second kappa shape index (κ2) is 7.55. The van der Waals surface area contributed by atoms with Crippen molar-refractivity contribution in [2.24, 2.45) is 5.92 Å². The summed E-state index contributed by atoms with van der Waals surface area (Å²) < 4.78 is 1.27. The van der Waals surface area contributed by atoms with E-state index < -0.39 is 0 Å². The van der Waals surface area contributed by atoms with Crippen LogP contribution in [0.25, 0.3) is 0 Å². The van der Waals surface area contributed by atoms with Gasteiger partial charge in [-0.25, -0.2) is 0 Å². The van der Waals surface area contributed by atoms with E-state index in [0.717, 1.165) is 12.5 Å². The minimum atomic E-state index is 0.714. The average molecular weight is 318 g/mol. The highest BCUT2D eigenvalue weighted by Gasteiger charge is 2.18. The molecule has 0 aliphatic rings. The van der Waals surface area contributed by atoms with Crippen molar-refractivity contribution < 1.29 is 0 Å². The van der Waals surface area contributed by atoms with E-state index in [1.165, 1.54) is 28.7 Å². The van der Waals surface area contributed by atoms with Crippen molar-refractivity contribution in [2.45, 2.75) is 53.1 Å². The molecule has 1 heterocycles. The third-order valence-electron chi connectivity index (χ3n) is 3.10. The summed E-state index contributed by atoms with van der Waals surface area (Å²) in [7, 11) is 0. The van der Waals surface area contributed by atoms with E-state index in [4.69, 9.17) is 0 Å². The zero-order chi connectivity index (χ0) is 12.8. The first-order valence-electron chi connectivity index (χ1n) is 6.54. The molecule has 98 valence electrons. The van der Waals surface area contributed by atoms with Crippen molar-refractivity contribution in [1.82, 2.24) is 4.90 Å². The lowest BCUT2D eigenvalue weighted by Gasteiger charge is -2.31. The topological polar surface area (TPSA) is 3.24 Å². The largest absolute Gasteiger partial charge is 0.295 e. The minimum Gasteiger partial charge on any atom is -0.295 e. The Morgan fingerprint density at radius 1 is 1.29 bits per heavy atom. The third-order valence-corrected chi connectivity index (χ3v) is 5.01. The van der Waals surface area contributed by atoms with E-state index in [9.17, 15) is 0 Å². The fourth-order valence-corrected chi connectivity index (χ4v) is 3.74. The van der Waals surface area contributed by atoms with Crippen LogP contribution < -0.4 is 0 Å². The van der Waals surface area contributed by atoms with Crippen molar-refractivity contribution in [3.8, 4) is 0 Å². The van der Waals surface area contributed by atoms with Gasteiger partial charge in [-0.3, -0.25) is 4.90 Å². The van der Waals surface area contributed by atoms with E-state index in [-0.39, 0.29) is 0 Å². The van der Waals surface area contributed by atoms with Gasteiger partial charge in [-0.2, -0.15) is 0 Å². The fourth-order valence-electron chi connectivity index (χ4n) is 2.24. The maximum absolute atomic E-state index is 3.64. The summed E-state index contributed by atoms with van der Waals surface area (Å²) in [6.45, 7) is 11.5. The van der Waals surface area contributed by atoms with Gasteiger partial charge >= 0.3 is 0 Å². The molecule has 0 N–H and O–H groups in total. The molecule has 0 aliphatic carbocycles. The Labute approximate surface area is 118 Å². The van der Waals surface area contributed by atoms with Gasteiger partial charge in [0, 0.05) is 28.5 Å². The first-order chi connectivity index (χ1) is 8.08. The predicted molar refractivity (Wildman–Crippen MR) is 81.6 cm³/mol. The van der Waals surface area contributed by atoms with E-state index >= 15 is 0 Å². The number of hydrogen-bond acceptors (Lipinski definition) is 2. The molecule has 3 heteroatoms. The molecular formula is C14H24BrNS. The number of thiophene rings is 1. The molecule has 0 atom stereocenters. The first kappa shape index (κ1) is 15.2. The highest BCUT2D eigenvalue weighted by atomic mass is 79.9. The Balaban J connectivity index is 2.72. The van der Waals surface area contributed by atoms with E-state index in [1.807, 2.05) is 11.3 Å². The van der Waals surface area contributed by atoms with Crippen molar-refractivity contribution in [3.05, 3.63) is 20.8 Å². The molecule has 0 bridgehead atoms. The maximum Gasteiger partial charge on any atom is 0.0342 e. The highest BCUT2D eigenvalue weighted by Crippen LogP contribution is 2.26. The summed E-state index contributed by atoms with van der Waals surface area (Å²) >= 11 is 5.49. The molecule has 1 nitrogen and oxygen atoms in total. The summed E-state index contributed by atoms with van der Waals surface area (Å²) in [5.74, 6) is 0.731. The molecule has 1 aromatic heterocycles. The monoisotopic (exact) mass is 317 g/mol. The summed E-state index contributed by atoms with van der Waals surface area (Å²) in [4.78, 5) is 4.10.